The standard InChI is InChI=1S/C24H23ClN2O3/c25-18-6-3-7-19(13-18)30-20-14-24(29-15-20)11-4-12-27(16-24)23(28)22-10-9-17-5-1-2-8-21(17)26-22/h1-3,5-10,13,20H,4,11-12,14-16H2/t20-,24-/m1/s1. The number of fused-ring (bicyclic) bond motifs is 1. The lowest BCUT2D eigenvalue weighted by Gasteiger charge is -2.39. The zero-order valence-corrected chi connectivity index (χ0v) is 17.3. The van der Waals surface area contributed by atoms with Crippen molar-refractivity contribution in [3.05, 3.63) is 71.4 Å². The molecule has 6 heteroatoms. The number of benzene rings is 2. The zero-order chi connectivity index (χ0) is 20.6. The van der Waals surface area contributed by atoms with E-state index in [4.69, 9.17) is 21.1 Å². The van der Waals surface area contributed by atoms with Crippen molar-refractivity contribution in [2.75, 3.05) is 19.7 Å². The number of amides is 1. The molecule has 0 radical (unpaired) electrons. The Morgan fingerprint density at radius 2 is 2.07 bits per heavy atom. The molecule has 154 valence electrons. The van der Waals surface area contributed by atoms with E-state index < -0.39 is 0 Å². The Morgan fingerprint density at radius 3 is 2.97 bits per heavy atom. The van der Waals surface area contributed by atoms with Crippen molar-refractivity contribution in [2.24, 2.45) is 0 Å². The predicted molar refractivity (Wildman–Crippen MR) is 116 cm³/mol. The quantitative estimate of drug-likeness (QED) is 0.612. The average Bonchev–Trinajstić information content (AvgIpc) is 3.14. The Balaban J connectivity index is 1.28. The summed E-state index contributed by atoms with van der Waals surface area (Å²) >= 11 is 6.06. The van der Waals surface area contributed by atoms with Crippen molar-refractivity contribution in [3.8, 4) is 5.75 Å². The monoisotopic (exact) mass is 422 g/mol. The van der Waals surface area contributed by atoms with Crippen LogP contribution in [0.5, 0.6) is 5.75 Å². The molecule has 1 spiro atoms. The van der Waals surface area contributed by atoms with Gasteiger partial charge in [0, 0.05) is 23.4 Å². The molecule has 3 aromatic rings. The fraction of sp³-hybridized carbons (Fsp3) is 0.333. The normalized spacial score (nSPS) is 23.8. The first-order chi connectivity index (χ1) is 14.6. The first-order valence-electron chi connectivity index (χ1n) is 10.3. The Morgan fingerprint density at radius 1 is 1.17 bits per heavy atom. The van der Waals surface area contributed by atoms with E-state index in [2.05, 4.69) is 4.98 Å². The highest BCUT2D eigenvalue weighted by Gasteiger charge is 2.45. The maximum Gasteiger partial charge on any atom is 0.272 e. The number of ether oxygens (including phenoxy) is 2. The van der Waals surface area contributed by atoms with Crippen molar-refractivity contribution in [1.82, 2.24) is 9.88 Å². The number of halogens is 1. The molecule has 0 N–H and O–H groups in total. The summed E-state index contributed by atoms with van der Waals surface area (Å²) in [7, 11) is 0. The molecule has 1 aromatic heterocycles. The summed E-state index contributed by atoms with van der Waals surface area (Å²) in [6.07, 6.45) is 2.55. The maximum absolute atomic E-state index is 13.2. The molecular formula is C24H23ClN2O3. The van der Waals surface area contributed by atoms with E-state index in [9.17, 15) is 4.79 Å². The van der Waals surface area contributed by atoms with E-state index in [0.717, 1.165) is 42.5 Å². The van der Waals surface area contributed by atoms with E-state index >= 15 is 0 Å². The van der Waals surface area contributed by atoms with Crippen LogP contribution in [0, 0.1) is 0 Å². The van der Waals surface area contributed by atoms with Gasteiger partial charge in [-0.1, -0.05) is 41.9 Å². The molecule has 2 aliphatic rings. The van der Waals surface area contributed by atoms with Crippen LogP contribution >= 0.6 is 11.6 Å². The number of aromatic nitrogens is 1. The third kappa shape index (κ3) is 3.87. The van der Waals surface area contributed by atoms with Gasteiger partial charge in [-0.05, 0) is 43.2 Å². The fourth-order valence-corrected chi connectivity index (χ4v) is 4.69. The lowest BCUT2D eigenvalue weighted by Crippen LogP contribution is -2.50. The van der Waals surface area contributed by atoms with E-state index in [0.29, 0.717) is 23.9 Å². The Labute approximate surface area is 180 Å². The molecule has 2 saturated heterocycles. The van der Waals surface area contributed by atoms with Crippen LogP contribution in [0.25, 0.3) is 10.9 Å². The second kappa shape index (κ2) is 7.89. The highest BCUT2D eigenvalue weighted by atomic mass is 35.5. The number of para-hydroxylation sites is 1. The van der Waals surface area contributed by atoms with Gasteiger partial charge in [-0.2, -0.15) is 0 Å². The summed E-state index contributed by atoms with van der Waals surface area (Å²) in [4.78, 5) is 19.6. The van der Waals surface area contributed by atoms with Gasteiger partial charge in [0.05, 0.1) is 24.3 Å². The average molecular weight is 423 g/mol. The first kappa shape index (κ1) is 19.3. The van der Waals surface area contributed by atoms with Crippen LogP contribution in [0.2, 0.25) is 5.02 Å². The van der Waals surface area contributed by atoms with Crippen LogP contribution in [0.1, 0.15) is 29.8 Å². The Kier molecular flexibility index (Phi) is 5.09. The number of pyridine rings is 1. The largest absolute Gasteiger partial charge is 0.488 e. The van der Waals surface area contributed by atoms with Crippen molar-refractivity contribution >= 4 is 28.4 Å². The molecule has 0 bridgehead atoms. The van der Waals surface area contributed by atoms with Crippen molar-refractivity contribution in [2.45, 2.75) is 31.0 Å². The van der Waals surface area contributed by atoms with E-state index in [-0.39, 0.29) is 17.6 Å². The number of carbonyl (C=O) groups excluding carboxylic acids is 1. The molecule has 30 heavy (non-hydrogen) atoms. The SMILES string of the molecule is O=C(c1ccc2ccccc2n1)N1CCC[C@@]2(C[C@@H](Oc3cccc(Cl)c3)CO2)C1. The molecular weight excluding hydrogens is 400 g/mol. The van der Waals surface area contributed by atoms with Gasteiger partial charge in [0.25, 0.3) is 5.91 Å². The van der Waals surface area contributed by atoms with Crippen molar-refractivity contribution in [1.29, 1.82) is 0 Å². The molecule has 1 amide bonds. The highest BCUT2D eigenvalue weighted by molar-refractivity contribution is 6.30. The van der Waals surface area contributed by atoms with Crippen LogP contribution in [-0.2, 0) is 4.74 Å². The number of rotatable bonds is 3. The number of hydrogen-bond acceptors (Lipinski definition) is 4. The highest BCUT2D eigenvalue weighted by Crippen LogP contribution is 2.37. The van der Waals surface area contributed by atoms with Gasteiger partial charge in [0.15, 0.2) is 0 Å². The number of hydrogen-bond donors (Lipinski definition) is 0. The fourth-order valence-electron chi connectivity index (χ4n) is 4.51. The van der Waals surface area contributed by atoms with Crippen molar-refractivity contribution in [3.63, 3.8) is 0 Å². The molecule has 3 heterocycles. The zero-order valence-electron chi connectivity index (χ0n) is 16.6. The number of nitrogens with zero attached hydrogens (tertiary/aromatic N) is 2. The molecule has 0 unspecified atom stereocenters. The van der Waals surface area contributed by atoms with Gasteiger partial charge in [-0.25, -0.2) is 4.98 Å². The van der Waals surface area contributed by atoms with Gasteiger partial charge in [-0.15, -0.1) is 0 Å². The summed E-state index contributed by atoms with van der Waals surface area (Å²) in [5, 5.41) is 1.68. The smallest absolute Gasteiger partial charge is 0.272 e. The molecule has 5 rings (SSSR count). The van der Waals surface area contributed by atoms with Crippen LogP contribution in [0.3, 0.4) is 0 Å². The van der Waals surface area contributed by atoms with Crippen LogP contribution in [0.15, 0.2) is 60.7 Å². The van der Waals surface area contributed by atoms with Crippen LogP contribution < -0.4 is 4.74 Å². The van der Waals surface area contributed by atoms with Gasteiger partial charge >= 0.3 is 0 Å². The van der Waals surface area contributed by atoms with Gasteiger partial charge in [-0.3, -0.25) is 4.79 Å². The van der Waals surface area contributed by atoms with E-state index in [1.165, 1.54) is 0 Å². The first-order valence-corrected chi connectivity index (χ1v) is 10.7. The lowest BCUT2D eigenvalue weighted by molar-refractivity contribution is -0.0454. The molecule has 2 aromatic carbocycles. The second-order valence-corrected chi connectivity index (χ2v) is 8.55. The third-order valence-electron chi connectivity index (χ3n) is 5.92. The van der Waals surface area contributed by atoms with Crippen LogP contribution in [0.4, 0.5) is 0 Å². The number of likely N-dealkylation sites (tertiary alicyclic amines) is 1. The minimum Gasteiger partial charge on any atom is -0.488 e. The topological polar surface area (TPSA) is 51.7 Å². The summed E-state index contributed by atoms with van der Waals surface area (Å²) in [5.41, 5.74) is 0.964. The molecule has 2 aliphatic heterocycles. The van der Waals surface area contributed by atoms with Crippen molar-refractivity contribution < 1.29 is 14.3 Å². The predicted octanol–water partition coefficient (Wildman–Crippen LogP) is 4.73. The second-order valence-electron chi connectivity index (χ2n) is 8.11. The third-order valence-corrected chi connectivity index (χ3v) is 6.15. The van der Waals surface area contributed by atoms with Crippen LogP contribution in [-0.4, -0.2) is 47.2 Å². The summed E-state index contributed by atoms with van der Waals surface area (Å²) < 4.78 is 12.3. The lowest BCUT2D eigenvalue weighted by atomic mass is 9.89. The number of piperidine rings is 1. The number of carbonyl (C=O) groups is 1. The molecule has 2 atom stereocenters. The summed E-state index contributed by atoms with van der Waals surface area (Å²) in [6.45, 7) is 1.80. The summed E-state index contributed by atoms with van der Waals surface area (Å²) in [5.74, 6) is 0.708. The maximum atomic E-state index is 13.2. The van der Waals surface area contributed by atoms with E-state index in [1.807, 2.05) is 65.6 Å². The minimum absolute atomic E-state index is 0.0392. The van der Waals surface area contributed by atoms with Gasteiger partial charge < -0.3 is 14.4 Å². The molecule has 0 aliphatic carbocycles. The Hall–Kier alpha value is -2.63. The molecule has 0 saturated carbocycles. The van der Waals surface area contributed by atoms with Gasteiger partial charge in [0.2, 0.25) is 0 Å². The van der Waals surface area contributed by atoms with Gasteiger partial charge in [0.1, 0.15) is 17.5 Å². The molecule has 5 nitrogen and oxygen atoms in total. The summed E-state index contributed by atoms with van der Waals surface area (Å²) in [6, 6.07) is 19.0. The van der Waals surface area contributed by atoms with E-state index in [1.54, 1.807) is 0 Å². The minimum atomic E-state index is -0.353. The Bertz CT molecular complexity index is 1090. The molecule has 2 fully saturated rings.